The van der Waals surface area contributed by atoms with E-state index < -0.39 is 6.04 Å². The van der Waals surface area contributed by atoms with E-state index in [4.69, 9.17) is 4.98 Å². The fraction of sp³-hybridized carbons (Fsp3) is 0.286. The van der Waals surface area contributed by atoms with Crippen molar-refractivity contribution in [1.82, 2.24) is 10.3 Å². The number of hydrogen-bond acceptors (Lipinski definition) is 5. The molecule has 1 aromatic heterocycles. The van der Waals surface area contributed by atoms with Gasteiger partial charge in [-0.15, -0.1) is 0 Å². The van der Waals surface area contributed by atoms with Crippen LogP contribution < -0.4 is 20.0 Å². The minimum absolute atomic E-state index is 0.0160. The van der Waals surface area contributed by atoms with Gasteiger partial charge in [-0.2, -0.15) is 0 Å². The van der Waals surface area contributed by atoms with E-state index in [-0.39, 0.29) is 29.8 Å². The number of pyridine rings is 1. The maximum absolute atomic E-state index is 14.1. The number of benzene rings is 2. The summed E-state index contributed by atoms with van der Waals surface area (Å²) in [7, 11) is 3.57. The van der Waals surface area contributed by atoms with Gasteiger partial charge in [0.05, 0.1) is 22.9 Å². The Morgan fingerprint density at radius 3 is 2.44 bits per heavy atom. The van der Waals surface area contributed by atoms with E-state index in [2.05, 4.69) is 5.32 Å². The van der Waals surface area contributed by atoms with Gasteiger partial charge in [0, 0.05) is 20.1 Å². The summed E-state index contributed by atoms with van der Waals surface area (Å²) < 4.78 is 0. The zero-order valence-corrected chi connectivity index (χ0v) is 20.4. The first-order valence-corrected chi connectivity index (χ1v) is 12.2. The third-order valence-corrected chi connectivity index (χ3v) is 7.41. The Hall–Kier alpha value is -4.20. The first-order valence-electron chi connectivity index (χ1n) is 12.2. The predicted molar refractivity (Wildman–Crippen MR) is 138 cm³/mol. The lowest BCUT2D eigenvalue weighted by molar-refractivity contribution is -0.119. The molecule has 3 aliphatic rings. The zero-order valence-electron chi connectivity index (χ0n) is 20.4. The molecule has 1 unspecified atom stereocenters. The number of aromatic nitrogens is 1. The number of likely N-dealkylation sites (N-methyl/N-ethyl adjacent to an activating group) is 2. The van der Waals surface area contributed by atoms with Gasteiger partial charge in [-0.25, -0.2) is 4.98 Å². The Kier molecular flexibility index (Phi) is 5.07. The van der Waals surface area contributed by atoms with Crippen molar-refractivity contribution in [2.45, 2.75) is 37.9 Å². The van der Waals surface area contributed by atoms with Crippen molar-refractivity contribution in [1.29, 1.82) is 0 Å². The van der Waals surface area contributed by atoms with Crippen molar-refractivity contribution in [3.63, 3.8) is 0 Å². The van der Waals surface area contributed by atoms with E-state index >= 15 is 0 Å². The molecule has 1 N–H and O–H groups in total. The van der Waals surface area contributed by atoms with Crippen LogP contribution in [-0.4, -0.2) is 48.9 Å². The SMILES string of the molecule is C[C@@H]1C(=O)N(C)c2ccc(N3C(=O)c4c(C(=O)NC5CC5)cccc4C3c3ccccc3)nc2N1C. The molecule has 3 heterocycles. The number of carbonyl (C=O) groups is 3. The van der Waals surface area contributed by atoms with Crippen molar-refractivity contribution < 1.29 is 14.4 Å². The van der Waals surface area contributed by atoms with Crippen LogP contribution in [0.5, 0.6) is 0 Å². The molecule has 3 aromatic rings. The molecule has 8 heteroatoms. The molecule has 3 amide bonds. The fourth-order valence-electron chi connectivity index (χ4n) is 5.13. The summed E-state index contributed by atoms with van der Waals surface area (Å²) in [6.45, 7) is 1.84. The quantitative estimate of drug-likeness (QED) is 0.616. The molecule has 2 atom stereocenters. The molecule has 1 aliphatic carbocycles. The first-order chi connectivity index (χ1) is 17.4. The highest BCUT2D eigenvalue weighted by Gasteiger charge is 2.43. The van der Waals surface area contributed by atoms with Crippen molar-refractivity contribution in [3.8, 4) is 0 Å². The maximum atomic E-state index is 14.1. The lowest BCUT2D eigenvalue weighted by Crippen LogP contribution is -2.49. The summed E-state index contributed by atoms with van der Waals surface area (Å²) in [6, 6.07) is 18.2. The molecule has 36 heavy (non-hydrogen) atoms. The highest BCUT2D eigenvalue weighted by molar-refractivity contribution is 6.17. The molecule has 0 saturated heterocycles. The summed E-state index contributed by atoms with van der Waals surface area (Å²) in [5, 5.41) is 3.02. The number of rotatable bonds is 4. The number of anilines is 3. The predicted octanol–water partition coefficient (Wildman–Crippen LogP) is 3.52. The van der Waals surface area contributed by atoms with E-state index in [1.54, 1.807) is 29.0 Å². The molecule has 0 spiro atoms. The van der Waals surface area contributed by atoms with Crippen LogP contribution in [0.1, 0.15) is 57.7 Å². The van der Waals surface area contributed by atoms with Gasteiger partial charge in [0.1, 0.15) is 11.9 Å². The number of amides is 3. The molecule has 6 rings (SSSR count). The molecule has 2 aromatic carbocycles. The zero-order chi connectivity index (χ0) is 25.1. The molecule has 8 nitrogen and oxygen atoms in total. The average Bonchev–Trinajstić information content (AvgIpc) is 3.67. The van der Waals surface area contributed by atoms with Gasteiger partial charge >= 0.3 is 0 Å². The van der Waals surface area contributed by atoms with Crippen LogP contribution >= 0.6 is 0 Å². The van der Waals surface area contributed by atoms with E-state index in [1.807, 2.05) is 67.4 Å². The van der Waals surface area contributed by atoms with Crippen LogP contribution in [0.2, 0.25) is 0 Å². The number of hydrogen-bond donors (Lipinski definition) is 1. The van der Waals surface area contributed by atoms with E-state index in [0.717, 1.165) is 24.0 Å². The molecule has 0 bridgehead atoms. The monoisotopic (exact) mass is 481 g/mol. The van der Waals surface area contributed by atoms with Crippen molar-refractivity contribution in [3.05, 3.63) is 82.9 Å². The minimum atomic E-state index is -0.432. The molecule has 1 fully saturated rings. The molecule has 0 radical (unpaired) electrons. The molecular weight excluding hydrogens is 454 g/mol. The van der Waals surface area contributed by atoms with Crippen molar-refractivity contribution >= 4 is 35.0 Å². The average molecular weight is 482 g/mol. The molecule has 182 valence electrons. The van der Waals surface area contributed by atoms with Crippen LogP contribution in [0.3, 0.4) is 0 Å². The van der Waals surface area contributed by atoms with Gasteiger partial charge in [-0.05, 0) is 49.1 Å². The number of fused-ring (bicyclic) bond motifs is 2. The Labute approximate surface area is 209 Å². The van der Waals surface area contributed by atoms with Crippen LogP contribution in [-0.2, 0) is 4.79 Å². The Bertz CT molecular complexity index is 1400. The van der Waals surface area contributed by atoms with Gasteiger partial charge < -0.3 is 15.1 Å². The lowest BCUT2D eigenvalue weighted by atomic mass is 9.95. The summed E-state index contributed by atoms with van der Waals surface area (Å²) in [5.74, 6) is 0.605. The van der Waals surface area contributed by atoms with Crippen LogP contribution in [0.25, 0.3) is 0 Å². The van der Waals surface area contributed by atoms with Crippen molar-refractivity contribution in [2.75, 3.05) is 28.8 Å². The van der Waals surface area contributed by atoms with Crippen LogP contribution in [0, 0.1) is 0 Å². The third-order valence-electron chi connectivity index (χ3n) is 7.41. The van der Waals surface area contributed by atoms with Gasteiger partial charge in [0.15, 0.2) is 5.82 Å². The third kappa shape index (κ3) is 3.36. The number of carbonyl (C=O) groups excluding carboxylic acids is 3. The second-order valence-corrected chi connectivity index (χ2v) is 9.70. The molecule has 2 aliphatic heterocycles. The molecular formula is C28H27N5O3. The Balaban J connectivity index is 1.50. The summed E-state index contributed by atoms with van der Waals surface area (Å²) >= 11 is 0. The summed E-state index contributed by atoms with van der Waals surface area (Å²) in [6.07, 6.45) is 1.94. The van der Waals surface area contributed by atoms with Crippen molar-refractivity contribution in [2.24, 2.45) is 0 Å². The molecule has 1 saturated carbocycles. The number of nitrogens with zero attached hydrogens (tertiary/aromatic N) is 4. The first kappa shape index (κ1) is 22.3. The second-order valence-electron chi connectivity index (χ2n) is 9.70. The van der Waals surface area contributed by atoms with E-state index in [9.17, 15) is 14.4 Å². The summed E-state index contributed by atoms with van der Waals surface area (Å²) in [4.78, 5) is 49.8. The Morgan fingerprint density at radius 1 is 0.972 bits per heavy atom. The standard InChI is InChI=1S/C28H27N5O3/c1-16-27(35)32(3)21-14-15-22(30-25(21)31(16)2)33-24(17-8-5-4-6-9-17)19-10-7-11-20(23(19)28(33)36)26(34)29-18-12-13-18/h4-11,14-16,18,24H,12-13H2,1-3H3,(H,29,34)/t16-,24?/m1/s1. The fourth-order valence-corrected chi connectivity index (χ4v) is 5.13. The second kappa shape index (κ2) is 8.19. The smallest absolute Gasteiger partial charge is 0.261 e. The minimum Gasteiger partial charge on any atom is -0.349 e. The number of nitrogens with one attached hydrogen (secondary N) is 1. The van der Waals surface area contributed by atoms with Crippen LogP contribution in [0.15, 0.2) is 60.7 Å². The highest BCUT2D eigenvalue weighted by Crippen LogP contribution is 2.44. The van der Waals surface area contributed by atoms with E-state index in [1.165, 1.54) is 0 Å². The topological polar surface area (TPSA) is 85.8 Å². The van der Waals surface area contributed by atoms with Gasteiger partial charge in [-0.1, -0.05) is 42.5 Å². The summed E-state index contributed by atoms with van der Waals surface area (Å²) in [5.41, 5.74) is 3.20. The highest BCUT2D eigenvalue weighted by atomic mass is 16.2. The van der Waals surface area contributed by atoms with Gasteiger partial charge in [-0.3, -0.25) is 19.3 Å². The normalized spacial score (nSPS) is 20.9. The van der Waals surface area contributed by atoms with E-state index in [0.29, 0.717) is 28.5 Å². The van der Waals surface area contributed by atoms with Gasteiger partial charge in [0.2, 0.25) is 5.91 Å². The Morgan fingerprint density at radius 2 is 1.72 bits per heavy atom. The largest absolute Gasteiger partial charge is 0.349 e. The van der Waals surface area contributed by atoms with Crippen LogP contribution in [0.4, 0.5) is 17.3 Å². The lowest BCUT2D eigenvalue weighted by Gasteiger charge is -2.37. The maximum Gasteiger partial charge on any atom is 0.261 e. The van der Waals surface area contributed by atoms with Gasteiger partial charge in [0.25, 0.3) is 11.8 Å².